The Morgan fingerprint density at radius 2 is 1.54 bits per heavy atom. The molecule has 4 rings (SSSR count). The highest BCUT2D eigenvalue weighted by Crippen LogP contribution is 2.44. The van der Waals surface area contributed by atoms with E-state index < -0.39 is 0 Å². The molecule has 1 saturated carbocycles. The normalized spacial score (nSPS) is 21.0. The Morgan fingerprint density at radius 3 is 2.15 bits per heavy atom. The topological polar surface area (TPSA) is 39.7 Å². The molecule has 1 spiro atoms. The second-order valence-electron chi connectivity index (χ2n) is 7.24. The minimum absolute atomic E-state index is 0.0154. The van der Waals surface area contributed by atoms with Crippen LogP contribution in [0.4, 0.5) is 0 Å². The van der Waals surface area contributed by atoms with Gasteiger partial charge in [-0.1, -0.05) is 42.5 Å². The number of hydrogen-bond donors (Lipinski definition) is 1. The zero-order valence-corrected chi connectivity index (χ0v) is 15.4. The van der Waals surface area contributed by atoms with E-state index in [1.165, 1.54) is 11.1 Å². The van der Waals surface area contributed by atoms with Gasteiger partial charge in [0.25, 0.3) is 0 Å². The summed E-state index contributed by atoms with van der Waals surface area (Å²) < 4.78 is 17.7. The largest absolute Gasteiger partial charge is 0.489 e. The van der Waals surface area contributed by atoms with Crippen LogP contribution in [0.3, 0.4) is 0 Å². The van der Waals surface area contributed by atoms with E-state index in [1.807, 2.05) is 25.2 Å². The van der Waals surface area contributed by atoms with Gasteiger partial charge in [-0.15, -0.1) is 0 Å². The summed E-state index contributed by atoms with van der Waals surface area (Å²) in [6.45, 7) is 2.04. The molecule has 1 heterocycles. The van der Waals surface area contributed by atoms with Gasteiger partial charge in [-0.2, -0.15) is 0 Å². The van der Waals surface area contributed by atoms with E-state index in [4.69, 9.17) is 14.2 Å². The van der Waals surface area contributed by atoms with Crippen molar-refractivity contribution < 1.29 is 14.2 Å². The molecule has 4 nitrogen and oxygen atoms in total. The summed E-state index contributed by atoms with van der Waals surface area (Å²) in [4.78, 5) is 0. The highest BCUT2D eigenvalue weighted by Gasteiger charge is 2.46. The summed E-state index contributed by atoms with van der Waals surface area (Å²) in [5, 5.41) is 3.57. The Morgan fingerprint density at radius 1 is 0.885 bits per heavy atom. The van der Waals surface area contributed by atoms with Crippen molar-refractivity contribution in [1.82, 2.24) is 5.32 Å². The van der Waals surface area contributed by atoms with Crippen LogP contribution in [0.1, 0.15) is 36.8 Å². The van der Waals surface area contributed by atoms with Crippen LogP contribution in [0, 0.1) is 0 Å². The minimum Gasteiger partial charge on any atom is -0.489 e. The predicted octanol–water partition coefficient (Wildman–Crippen LogP) is 4.00. The maximum Gasteiger partial charge on any atom is 0.168 e. The molecule has 0 amide bonds. The van der Waals surface area contributed by atoms with Crippen LogP contribution >= 0.6 is 0 Å². The highest BCUT2D eigenvalue weighted by molar-refractivity contribution is 5.33. The van der Waals surface area contributed by atoms with Gasteiger partial charge in [-0.3, -0.25) is 0 Å². The first-order chi connectivity index (χ1) is 12.7. The first-order valence-electron chi connectivity index (χ1n) is 9.48. The summed E-state index contributed by atoms with van der Waals surface area (Å²) in [7, 11) is 2.05. The molecule has 0 radical (unpaired) electrons. The van der Waals surface area contributed by atoms with Gasteiger partial charge in [-0.05, 0) is 43.1 Å². The Bertz CT molecular complexity index is 698. The summed E-state index contributed by atoms with van der Waals surface area (Å²) in [5.41, 5.74) is 2.47. The van der Waals surface area contributed by atoms with Gasteiger partial charge in [0.1, 0.15) is 12.4 Å². The number of ether oxygens (including phenoxy) is 3. The van der Waals surface area contributed by atoms with Crippen molar-refractivity contribution in [2.45, 2.75) is 43.6 Å². The van der Waals surface area contributed by atoms with Gasteiger partial charge in [0.2, 0.25) is 0 Å². The van der Waals surface area contributed by atoms with Gasteiger partial charge < -0.3 is 19.5 Å². The highest BCUT2D eigenvalue weighted by atomic mass is 16.7. The average Bonchev–Trinajstić information content (AvgIpc) is 3.17. The molecule has 0 unspecified atom stereocenters. The molecular formula is C22H27NO3. The third-order valence-corrected chi connectivity index (χ3v) is 5.81. The van der Waals surface area contributed by atoms with E-state index in [1.54, 1.807) is 0 Å². The smallest absolute Gasteiger partial charge is 0.168 e. The summed E-state index contributed by atoms with van der Waals surface area (Å²) in [6, 6.07) is 18.8. The Balaban J connectivity index is 1.42. The Kier molecular flexibility index (Phi) is 4.98. The van der Waals surface area contributed by atoms with Crippen LogP contribution in [-0.4, -0.2) is 26.0 Å². The van der Waals surface area contributed by atoms with E-state index in [2.05, 4.69) is 41.7 Å². The molecule has 2 aromatic rings. The lowest BCUT2D eigenvalue weighted by Crippen LogP contribution is -2.48. The fourth-order valence-corrected chi connectivity index (χ4v) is 4.14. The van der Waals surface area contributed by atoms with Crippen LogP contribution in [0.5, 0.6) is 5.75 Å². The van der Waals surface area contributed by atoms with Crippen molar-refractivity contribution >= 4 is 0 Å². The SMILES string of the molecule is CNC1(c2ccc(OCc3ccccc3)cc2)CCC2(CC1)OCCO2. The van der Waals surface area contributed by atoms with Crippen LogP contribution in [0.2, 0.25) is 0 Å². The number of hydrogen-bond acceptors (Lipinski definition) is 4. The van der Waals surface area contributed by atoms with Gasteiger partial charge in [-0.25, -0.2) is 0 Å². The maximum atomic E-state index is 5.92. The second kappa shape index (κ2) is 7.39. The zero-order chi connectivity index (χ0) is 17.9. The summed E-state index contributed by atoms with van der Waals surface area (Å²) >= 11 is 0. The van der Waals surface area contributed by atoms with Crippen LogP contribution < -0.4 is 10.1 Å². The lowest BCUT2D eigenvalue weighted by molar-refractivity contribution is -0.186. The fraction of sp³-hybridized carbons (Fsp3) is 0.455. The molecule has 1 aliphatic carbocycles. The fourth-order valence-electron chi connectivity index (χ4n) is 4.14. The summed E-state index contributed by atoms with van der Waals surface area (Å²) in [5.74, 6) is 0.567. The molecule has 0 atom stereocenters. The molecule has 1 aliphatic heterocycles. The quantitative estimate of drug-likeness (QED) is 0.882. The lowest BCUT2D eigenvalue weighted by atomic mass is 9.74. The van der Waals surface area contributed by atoms with Crippen LogP contribution in [0.25, 0.3) is 0 Å². The van der Waals surface area contributed by atoms with Crippen LogP contribution in [-0.2, 0) is 21.6 Å². The van der Waals surface area contributed by atoms with Gasteiger partial charge in [0, 0.05) is 18.4 Å². The molecule has 1 saturated heterocycles. The van der Waals surface area contributed by atoms with E-state index in [0.29, 0.717) is 6.61 Å². The Hall–Kier alpha value is -1.88. The molecule has 4 heteroatoms. The number of benzene rings is 2. The third-order valence-electron chi connectivity index (χ3n) is 5.81. The van der Waals surface area contributed by atoms with Crippen molar-refractivity contribution in [3.8, 4) is 5.75 Å². The van der Waals surface area contributed by atoms with E-state index >= 15 is 0 Å². The maximum absolute atomic E-state index is 5.92. The predicted molar refractivity (Wildman–Crippen MR) is 101 cm³/mol. The average molecular weight is 353 g/mol. The molecular weight excluding hydrogens is 326 g/mol. The zero-order valence-electron chi connectivity index (χ0n) is 15.4. The van der Waals surface area contributed by atoms with Crippen molar-refractivity contribution in [1.29, 1.82) is 0 Å². The van der Waals surface area contributed by atoms with Gasteiger partial charge >= 0.3 is 0 Å². The monoisotopic (exact) mass is 353 g/mol. The molecule has 2 aliphatic rings. The van der Waals surface area contributed by atoms with Gasteiger partial charge in [0.05, 0.1) is 13.2 Å². The Labute approximate surface area is 155 Å². The van der Waals surface area contributed by atoms with E-state index in [-0.39, 0.29) is 11.3 Å². The summed E-state index contributed by atoms with van der Waals surface area (Å²) in [6.07, 6.45) is 3.88. The number of rotatable bonds is 5. The minimum atomic E-state index is -0.334. The van der Waals surface area contributed by atoms with E-state index in [0.717, 1.165) is 44.6 Å². The van der Waals surface area contributed by atoms with Gasteiger partial charge in [0.15, 0.2) is 5.79 Å². The lowest BCUT2D eigenvalue weighted by Gasteiger charge is -2.44. The molecule has 2 aromatic carbocycles. The molecule has 0 aromatic heterocycles. The standard InChI is InChI=1S/C22H27NO3/c1-23-21(11-13-22(14-12-21)25-15-16-26-22)19-7-9-20(10-8-19)24-17-18-5-3-2-4-6-18/h2-10,23H,11-17H2,1H3. The van der Waals surface area contributed by atoms with Crippen molar-refractivity contribution in [2.75, 3.05) is 20.3 Å². The van der Waals surface area contributed by atoms with Crippen molar-refractivity contribution in [3.63, 3.8) is 0 Å². The molecule has 1 N–H and O–H groups in total. The van der Waals surface area contributed by atoms with Crippen LogP contribution in [0.15, 0.2) is 54.6 Å². The van der Waals surface area contributed by atoms with Crippen molar-refractivity contribution in [3.05, 3.63) is 65.7 Å². The molecule has 0 bridgehead atoms. The molecule has 2 fully saturated rings. The van der Waals surface area contributed by atoms with E-state index in [9.17, 15) is 0 Å². The second-order valence-corrected chi connectivity index (χ2v) is 7.24. The van der Waals surface area contributed by atoms with Crippen molar-refractivity contribution in [2.24, 2.45) is 0 Å². The first-order valence-corrected chi connectivity index (χ1v) is 9.48. The molecule has 138 valence electrons. The number of nitrogens with one attached hydrogen (secondary N) is 1. The first kappa shape index (κ1) is 17.5. The molecule has 26 heavy (non-hydrogen) atoms. The third kappa shape index (κ3) is 3.50.